The maximum atomic E-state index is 10.3. The van der Waals surface area contributed by atoms with Gasteiger partial charge in [-0.2, -0.15) is 0 Å². The van der Waals surface area contributed by atoms with Gasteiger partial charge in [-0.05, 0) is 42.7 Å². The molecule has 1 aliphatic carbocycles. The molecule has 130 valence electrons. The van der Waals surface area contributed by atoms with E-state index in [1.807, 2.05) is 18.2 Å². The lowest BCUT2D eigenvalue weighted by atomic mass is 9.89. The van der Waals surface area contributed by atoms with Gasteiger partial charge >= 0.3 is 0 Å². The summed E-state index contributed by atoms with van der Waals surface area (Å²) in [5.74, 6) is 0.418. The summed E-state index contributed by atoms with van der Waals surface area (Å²) in [6.45, 7) is 3.58. The van der Waals surface area contributed by atoms with Crippen LogP contribution >= 0.6 is 11.6 Å². The number of alkyl halides is 1. The summed E-state index contributed by atoms with van der Waals surface area (Å²) in [5, 5.41) is 19.5. The van der Waals surface area contributed by atoms with Gasteiger partial charge in [0.1, 0.15) is 0 Å². The summed E-state index contributed by atoms with van der Waals surface area (Å²) in [6, 6.07) is 8.04. The first kappa shape index (κ1) is 18.7. The lowest BCUT2D eigenvalue weighted by Crippen LogP contribution is -2.26. The van der Waals surface area contributed by atoms with Crippen LogP contribution in [0.1, 0.15) is 43.7 Å². The van der Waals surface area contributed by atoms with Crippen LogP contribution in [0.5, 0.6) is 0 Å². The van der Waals surface area contributed by atoms with Gasteiger partial charge in [-0.15, -0.1) is 11.6 Å². The number of aliphatic hydroxyl groups excluding tert-OH is 2. The molecule has 0 spiro atoms. The minimum absolute atomic E-state index is 0.0193. The Morgan fingerprint density at radius 2 is 2.04 bits per heavy atom. The molecule has 1 saturated carbocycles. The molecule has 2 unspecified atom stereocenters. The minimum Gasteiger partial charge on any atom is -0.393 e. The molecular weight excluding hydrogens is 312 g/mol. The van der Waals surface area contributed by atoms with Crippen molar-refractivity contribution in [2.75, 3.05) is 13.2 Å². The topological polar surface area (TPSA) is 49.7 Å². The number of rotatable bonds is 9. The van der Waals surface area contributed by atoms with E-state index in [-0.39, 0.29) is 29.9 Å². The number of hydrogen-bond donors (Lipinski definition) is 2. The summed E-state index contributed by atoms with van der Waals surface area (Å²) < 4.78 is 5.74. The zero-order valence-electron chi connectivity index (χ0n) is 14.0. The molecule has 1 aromatic carbocycles. The molecule has 0 aliphatic heterocycles. The van der Waals surface area contributed by atoms with Gasteiger partial charge in [0.2, 0.25) is 0 Å². The van der Waals surface area contributed by atoms with Crippen LogP contribution in [0, 0.1) is 11.8 Å². The van der Waals surface area contributed by atoms with E-state index in [1.165, 1.54) is 5.56 Å². The highest BCUT2D eigenvalue weighted by molar-refractivity contribution is 6.21. The quantitative estimate of drug-likeness (QED) is 0.534. The second-order valence-corrected chi connectivity index (χ2v) is 7.15. The van der Waals surface area contributed by atoms with Gasteiger partial charge < -0.3 is 14.9 Å². The number of ether oxygens (including phenoxy) is 1. The van der Waals surface area contributed by atoms with E-state index in [0.29, 0.717) is 13.0 Å². The largest absolute Gasteiger partial charge is 0.393 e. The first-order valence-corrected chi connectivity index (χ1v) is 9.18. The van der Waals surface area contributed by atoms with Gasteiger partial charge in [-0.3, -0.25) is 0 Å². The van der Waals surface area contributed by atoms with E-state index < -0.39 is 0 Å². The van der Waals surface area contributed by atoms with Gasteiger partial charge in [-0.1, -0.05) is 37.6 Å². The van der Waals surface area contributed by atoms with Gasteiger partial charge in [-0.25, -0.2) is 0 Å². The average Bonchev–Trinajstić information content (AvgIpc) is 2.83. The molecule has 3 nitrogen and oxygen atoms in total. The second kappa shape index (κ2) is 9.63. The van der Waals surface area contributed by atoms with Crippen LogP contribution in [-0.2, 0) is 17.8 Å². The molecule has 1 aliphatic rings. The third-order valence-corrected chi connectivity index (χ3v) is 5.37. The Kier molecular flexibility index (Phi) is 7.84. The third kappa shape index (κ3) is 5.46. The zero-order valence-corrected chi connectivity index (χ0v) is 14.7. The fourth-order valence-corrected chi connectivity index (χ4v) is 3.94. The van der Waals surface area contributed by atoms with Crippen LogP contribution in [0.15, 0.2) is 24.3 Å². The summed E-state index contributed by atoms with van der Waals surface area (Å²) in [4.78, 5) is 0. The summed E-state index contributed by atoms with van der Waals surface area (Å²) in [6.07, 6.45) is 4.35. The van der Waals surface area contributed by atoms with E-state index in [4.69, 9.17) is 16.3 Å². The number of benzene rings is 1. The van der Waals surface area contributed by atoms with Crippen molar-refractivity contribution in [3.05, 3.63) is 35.4 Å². The van der Waals surface area contributed by atoms with Gasteiger partial charge in [0, 0.05) is 17.9 Å². The van der Waals surface area contributed by atoms with Crippen molar-refractivity contribution in [1.82, 2.24) is 0 Å². The molecule has 4 atom stereocenters. The Morgan fingerprint density at radius 3 is 2.78 bits per heavy atom. The summed E-state index contributed by atoms with van der Waals surface area (Å²) in [5.41, 5.74) is 2.16. The Hall–Kier alpha value is -0.610. The van der Waals surface area contributed by atoms with Crippen LogP contribution in [0.25, 0.3) is 0 Å². The minimum atomic E-state index is -0.354. The van der Waals surface area contributed by atoms with Crippen LogP contribution in [0.4, 0.5) is 0 Å². The molecule has 4 heteroatoms. The number of hydrogen-bond acceptors (Lipinski definition) is 3. The normalized spacial score (nSPS) is 27.5. The Bertz CT molecular complexity index is 466. The van der Waals surface area contributed by atoms with Crippen molar-refractivity contribution in [1.29, 1.82) is 0 Å². The van der Waals surface area contributed by atoms with Crippen molar-refractivity contribution in [2.24, 2.45) is 11.8 Å². The van der Waals surface area contributed by atoms with E-state index in [2.05, 4.69) is 13.0 Å². The first-order valence-electron chi connectivity index (χ1n) is 8.74. The van der Waals surface area contributed by atoms with E-state index in [0.717, 1.165) is 37.9 Å². The molecule has 0 aromatic heterocycles. The van der Waals surface area contributed by atoms with E-state index in [9.17, 15) is 10.2 Å². The van der Waals surface area contributed by atoms with Crippen LogP contribution < -0.4 is 0 Å². The molecule has 1 fully saturated rings. The maximum Gasteiger partial charge on any atom is 0.0681 e. The fraction of sp³-hybridized carbons (Fsp3) is 0.684. The van der Waals surface area contributed by atoms with Crippen molar-refractivity contribution in [3.8, 4) is 0 Å². The highest BCUT2D eigenvalue weighted by Crippen LogP contribution is 2.39. The van der Waals surface area contributed by atoms with Gasteiger partial charge in [0.15, 0.2) is 0 Å². The van der Waals surface area contributed by atoms with Crippen LogP contribution in [0.3, 0.4) is 0 Å². The number of halogens is 1. The number of aryl methyl sites for hydroxylation is 1. The van der Waals surface area contributed by atoms with Gasteiger partial charge in [0.05, 0.1) is 19.3 Å². The van der Waals surface area contributed by atoms with Crippen LogP contribution in [-0.4, -0.2) is 34.9 Å². The highest BCUT2D eigenvalue weighted by Gasteiger charge is 2.41. The number of unbranched alkanes of at least 4 members (excludes halogenated alkanes) is 1. The molecule has 1 aromatic rings. The van der Waals surface area contributed by atoms with Crippen LogP contribution in [0.2, 0.25) is 0 Å². The lowest BCUT2D eigenvalue weighted by molar-refractivity contribution is 0.0265. The van der Waals surface area contributed by atoms with E-state index in [1.54, 1.807) is 0 Å². The van der Waals surface area contributed by atoms with E-state index >= 15 is 0 Å². The molecule has 2 N–H and O–H groups in total. The van der Waals surface area contributed by atoms with Crippen molar-refractivity contribution >= 4 is 11.6 Å². The molecule has 0 heterocycles. The van der Waals surface area contributed by atoms with Crippen molar-refractivity contribution in [3.63, 3.8) is 0 Å². The smallest absolute Gasteiger partial charge is 0.0681 e. The molecule has 2 rings (SSSR count). The molecule has 0 saturated heterocycles. The first-order chi connectivity index (χ1) is 11.2. The standard InChI is InChI=1S/C19H29ClO3/c1-2-3-9-23-13-17-16(18(20)11-19(17)22)8-7-14-5-4-6-15(10-14)12-21/h4-6,10,16-19,21-22H,2-3,7-9,11-13H2,1H3/t16-,17-,18?,19?/m1/s1. The lowest BCUT2D eigenvalue weighted by Gasteiger charge is -2.23. The third-order valence-electron chi connectivity index (χ3n) is 4.87. The van der Waals surface area contributed by atoms with Gasteiger partial charge in [0.25, 0.3) is 0 Å². The Labute approximate surface area is 144 Å². The highest BCUT2D eigenvalue weighted by atomic mass is 35.5. The molecular formula is C19H29ClO3. The molecule has 0 amide bonds. The monoisotopic (exact) mass is 340 g/mol. The SMILES string of the molecule is CCCCOC[C@H]1C(O)CC(Cl)[C@@H]1CCc1cccc(CO)c1. The predicted molar refractivity (Wildman–Crippen MR) is 93.7 cm³/mol. The Morgan fingerprint density at radius 1 is 1.26 bits per heavy atom. The fourth-order valence-electron chi connectivity index (χ4n) is 3.45. The number of aliphatic hydroxyl groups is 2. The zero-order chi connectivity index (χ0) is 16.7. The van der Waals surface area contributed by atoms with Crippen molar-refractivity contribution in [2.45, 2.75) is 57.1 Å². The predicted octanol–water partition coefficient (Wildman–Crippen LogP) is 3.53. The maximum absolute atomic E-state index is 10.3. The summed E-state index contributed by atoms with van der Waals surface area (Å²) >= 11 is 6.48. The average molecular weight is 341 g/mol. The summed E-state index contributed by atoms with van der Waals surface area (Å²) in [7, 11) is 0. The molecule has 23 heavy (non-hydrogen) atoms. The second-order valence-electron chi connectivity index (χ2n) is 6.59. The van der Waals surface area contributed by atoms with Crippen molar-refractivity contribution < 1.29 is 14.9 Å². The Balaban J connectivity index is 1.89. The molecule has 0 radical (unpaired) electrons. The molecule has 0 bridgehead atoms.